The molecule has 1 aliphatic heterocycles. The van der Waals surface area contributed by atoms with Crippen LogP contribution in [0.15, 0.2) is 42.6 Å². The molecule has 0 aliphatic carbocycles. The summed E-state index contributed by atoms with van der Waals surface area (Å²) in [6.45, 7) is 1.94. The monoisotopic (exact) mass is 296 g/mol. The molecule has 3 heterocycles. The Kier molecular flexibility index (Phi) is 3.81. The third-order valence-corrected chi connectivity index (χ3v) is 3.94. The summed E-state index contributed by atoms with van der Waals surface area (Å²) in [5, 5.41) is 10.2. The number of aliphatic hydroxyl groups excluding tert-OH is 1. The first-order chi connectivity index (χ1) is 10.3. The predicted octanol–water partition coefficient (Wildman–Crippen LogP) is 2.69. The van der Waals surface area contributed by atoms with Gasteiger partial charge in [-0.2, -0.15) is 0 Å². The van der Waals surface area contributed by atoms with Crippen LogP contribution in [0.5, 0.6) is 0 Å². The highest BCUT2D eigenvalue weighted by molar-refractivity contribution is 5.89. The van der Waals surface area contributed by atoms with Gasteiger partial charge in [0.25, 0.3) is 0 Å². The topological polar surface area (TPSA) is 65.0 Å². The normalized spacial score (nSPS) is 14.7. The van der Waals surface area contributed by atoms with Crippen LogP contribution in [0.3, 0.4) is 0 Å². The van der Waals surface area contributed by atoms with Gasteiger partial charge in [0, 0.05) is 37.4 Å². The van der Waals surface area contributed by atoms with Gasteiger partial charge in [0.15, 0.2) is 5.82 Å². The van der Waals surface area contributed by atoms with Gasteiger partial charge in [-0.05, 0) is 6.07 Å². The minimum absolute atomic E-state index is 0. The molecule has 1 saturated heterocycles. The molecule has 0 bridgehead atoms. The molecule has 0 amide bonds. The Hall–Kier alpha value is -2.40. The summed E-state index contributed by atoms with van der Waals surface area (Å²) < 4.78 is 0. The second-order valence-corrected chi connectivity index (χ2v) is 5.43. The van der Waals surface area contributed by atoms with Crippen molar-refractivity contribution in [3.63, 3.8) is 0 Å². The second-order valence-electron chi connectivity index (χ2n) is 5.43. The van der Waals surface area contributed by atoms with Crippen molar-refractivity contribution in [3.05, 3.63) is 42.6 Å². The molecule has 1 fully saturated rings. The van der Waals surface area contributed by atoms with Gasteiger partial charge in [-0.15, -0.1) is 0 Å². The molecule has 5 heteroatoms. The van der Waals surface area contributed by atoms with Crippen molar-refractivity contribution in [3.8, 4) is 11.4 Å². The van der Waals surface area contributed by atoms with Crippen molar-refractivity contribution >= 4 is 16.9 Å². The third kappa shape index (κ3) is 2.33. The van der Waals surface area contributed by atoms with Gasteiger partial charge in [0.1, 0.15) is 11.5 Å². The standard InChI is InChI=1S/C16H16N4O.CH4/c21-10-11-8-20(9-11)16-13-6-7-17-15(13)18-14(19-16)12-4-2-1-3-5-12;/h1-7,11,21H,8-10H2,(H,17,18,19);1H4. The average Bonchev–Trinajstić information content (AvgIpc) is 2.95. The van der Waals surface area contributed by atoms with Crippen LogP contribution in [0, 0.1) is 5.92 Å². The zero-order valence-electron chi connectivity index (χ0n) is 11.5. The van der Waals surface area contributed by atoms with Crippen molar-refractivity contribution in [1.82, 2.24) is 15.0 Å². The molecule has 1 aliphatic rings. The number of aromatic nitrogens is 3. The second kappa shape index (κ2) is 5.77. The summed E-state index contributed by atoms with van der Waals surface area (Å²) in [7, 11) is 0. The van der Waals surface area contributed by atoms with Crippen molar-refractivity contribution in [2.45, 2.75) is 7.43 Å². The van der Waals surface area contributed by atoms with Gasteiger partial charge in [-0.25, -0.2) is 9.97 Å². The Balaban J connectivity index is 0.00000144. The largest absolute Gasteiger partial charge is 0.396 e. The van der Waals surface area contributed by atoms with Crippen molar-refractivity contribution in [1.29, 1.82) is 0 Å². The summed E-state index contributed by atoms with van der Waals surface area (Å²) in [5.74, 6) is 2.03. The van der Waals surface area contributed by atoms with E-state index in [0.29, 0.717) is 5.92 Å². The van der Waals surface area contributed by atoms with Gasteiger partial charge in [-0.3, -0.25) is 0 Å². The molecule has 22 heavy (non-hydrogen) atoms. The van der Waals surface area contributed by atoms with Gasteiger partial charge < -0.3 is 15.0 Å². The lowest BCUT2D eigenvalue weighted by Crippen LogP contribution is -2.48. The maximum atomic E-state index is 9.19. The quantitative estimate of drug-likeness (QED) is 0.780. The summed E-state index contributed by atoms with van der Waals surface area (Å²) in [6, 6.07) is 12.0. The van der Waals surface area contributed by atoms with E-state index in [-0.39, 0.29) is 14.0 Å². The van der Waals surface area contributed by atoms with E-state index in [1.807, 2.05) is 42.6 Å². The third-order valence-electron chi connectivity index (χ3n) is 3.94. The fraction of sp³-hybridized carbons (Fsp3) is 0.294. The minimum atomic E-state index is 0. The van der Waals surface area contributed by atoms with E-state index in [4.69, 9.17) is 4.98 Å². The van der Waals surface area contributed by atoms with Gasteiger partial charge >= 0.3 is 0 Å². The lowest BCUT2D eigenvalue weighted by atomic mass is 10.0. The zero-order valence-corrected chi connectivity index (χ0v) is 11.5. The molecule has 3 aromatic rings. The molecular weight excluding hydrogens is 276 g/mol. The van der Waals surface area contributed by atoms with Crippen LogP contribution >= 0.6 is 0 Å². The Labute approximate surface area is 129 Å². The molecule has 5 nitrogen and oxygen atoms in total. The molecule has 4 rings (SSSR count). The minimum Gasteiger partial charge on any atom is -0.396 e. The highest BCUT2D eigenvalue weighted by atomic mass is 16.3. The summed E-state index contributed by atoms with van der Waals surface area (Å²) in [5.41, 5.74) is 1.86. The Bertz CT molecular complexity index is 763. The van der Waals surface area contributed by atoms with Crippen molar-refractivity contribution in [2.24, 2.45) is 5.92 Å². The summed E-state index contributed by atoms with van der Waals surface area (Å²) in [4.78, 5) is 14.7. The van der Waals surface area contributed by atoms with E-state index >= 15 is 0 Å². The smallest absolute Gasteiger partial charge is 0.163 e. The highest BCUT2D eigenvalue weighted by Gasteiger charge is 2.29. The van der Waals surface area contributed by atoms with Crippen LogP contribution in [0.1, 0.15) is 7.43 Å². The van der Waals surface area contributed by atoms with Crippen LogP contribution in [0.4, 0.5) is 5.82 Å². The number of hydrogen-bond acceptors (Lipinski definition) is 4. The number of benzene rings is 1. The first kappa shape index (κ1) is 14.5. The van der Waals surface area contributed by atoms with E-state index in [1.54, 1.807) is 0 Å². The maximum Gasteiger partial charge on any atom is 0.163 e. The number of aliphatic hydroxyl groups is 1. The van der Waals surface area contributed by atoms with E-state index < -0.39 is 0 Å². The number of rotatable bonds is 3. The molecule has 2 aromatic heterocycles. The SMILES string of the molecule is C.OCC1CN(c2nc(-c3ccccc3)nc3[nH]ccc23)C1. The number of hydrogen-bond donors (Lipinski definition) is 2. The number of nitrogens with zero attached hydrogens (tertiary/aromatic N) is 3. The lowest BCUT2D eigenvalue weighted by molar-refractivity contribution is 0.200. The average molecular weight is 296 g/mol. The van der Waals surface area contributed by atoms with Gasteiger partial charge in [0.2, 0.25) is 0 Å². The van der Waals surface area contributed by atoms with Crippen molar-refractivity contribution in [2.75, 3.05) is 24.6 Å². The zero-order chi connectivity index (χ0) is 14.2. The fourth-order valence-corrected chi connectivity index (χ4v) is 2.74. The van der Waals surface area contributed by atoms with E-state index in [1.165, 1.54) is 0 Å². The molecule has 114 valence electrons. The lowest BCUT2D eigenvalue weighted by Gasteiger charge is -2.39. The molecule has 1 aromatic carbocycles. The number of nitrogens with one attached hydrogen (secondary N) is 1. The summed E-state index contributed by atoms with van der Waals surface area (Å²) in [6.07, 6.45) is 1.89. The van der Waals surface area contributed by atoms with E-state index in [0.717, 1.165) is 41.3 Å². The molecule has 0 saturated carbocycles. The maximum absolute atomic E-state index is 9.19. The molecular formula is C17H20N4O. The van der Waals surface area contributed by atoms with Crippen LogP contribution in [-0.4, -0.2) is 39.8 Å². The number of anilines is 1. The number of fused-ring (bicyclic) bond motifs is 1. The predicted molar refractivity (Wildman–Crippen MR) is 88.8 cm³/mol. The molecule has 0 spiro atoms. The van der Waals surface area contributed by atoms with Gasteiger partial charge in [-0.1, -0.05) is 37.8 Å². The molecule has 0 unspecified atom stereocenters. The Morgan fingerprint density at radius 3 is 2.64 bits per heavy atom. The highest BCUT2D eigenvalue weighted by Crippen LogP contribution is 2.31. The molecule has 2 N–H and O–H groups in total. The first-order valence-corrected chi connectivity index (χ1v) is 7.11. The molecule has 0 atom stereocenters. The first-order valence-electron chi connectivity index (χ1n) is 7.11. The summed E-state index contributed by atoms with van der Waals surface area (Å²) >= 11 is 0. The fourth-order valence-electron chi connectivity index (χ4n) is 2.74. The van der Waals surface area contributed by atoms with Crippen LogP contribution < -0.4 is 4.90 Å². The van der Waals surface area contributed by atoms with Crippen LogP contribution in [0.25, 0.3) is 22.4 Å². The van der Waals surface area contributed by atoms with Crippen molar-refractivity contribution < 1.29 is 5.11 Å². The van der Waals surface area contributed by atoms with Crippen LogP contribution in [0.2, 0.25) is 0 Å². The van der Waals surface area contributed by atoms with E-state index in [9.17, 15) is 5.11 Å². The van der Waals surface area contributed by atoms with E-state index in [2.05, 4.69) is 14.9 Å². The Morgan fingerprint density at radius 2 is 1.91 bits per heavy atom. The number of H-pyrrole nitrogens is 1. The Morgan fingerprint density at radius 1 is 1.14 bits per heavy atom. The van der Waals surface area contributed by atoms with Gasteiger partial charge in [0.05, 0.1) is 5.39 Å². The molecule has 0 radical (unpaired) electrons. The van der Waals surface area contributed by atoms with Crippen LogP contribution in [-0.2, 0) is 0 Å². The number of aromatic amines is 1.